The number of aliphatic hydroxyl groups excluding tert-OH is 1. The molecule has 0 bridgehead atoms. The van der Waals surface area contributed by atoms with Crippen molar-refractivity contribution in [1.82, 2.24) is 4.90 Å². The first kappa shape index (κ1) is 18.7. The van der Waals surface area contributed by atoms with Crippen molar-refractivity contribution in [3.63, 3.8) is 0 Å². The predicted octanol–water partition coefficient (Wildman–Crippen LogP) is 3.36. The number of Topliss-reactive ketones (excluding diaryl/α,β-unsaturated/α-hetero) is 1. The number of hydrogen-bond acceptors (Lipinski definition) is 6. The minimum atomic E-state index is -0.681. The summed E-state index contributed by atoms with van der Waals surface area (Å²) in [5, 5.41) is 12.9. The van der Waals surface area contributed by atoms with Gasteiger partial charge in [-0.15, -0.1) is 11.3 Å². The number of amides is 1. The van der Waals surface area contributed by atoms with Gasteiger partial charge < -0.3 is 19.5 Å². The Morgan fingerprint density at radius 3 is 2.79 bits per heavy atom. The maximum atomic E-state index is 12.9. The average molecular weight is 399 g/mol. The van der Waals surface area contributed by atoms with Crippen molar-refractivity contribution >= 4 is 28.8 Å². The maximum Gasteiger partial charge on any atom is 0.295 e. The van der Waals surface area contributed by atoms with Crippen LogP contribution >= 0.6 is 11.3 Å². The molecule has 6 nitrogen and oxygen atoms in total. The Kier molecular flexibility index (Phi) is 5.19. The first-order valence-electron chi connectivity index (χ1n) is 9.18. The van der Waals surface area contributed by atoms with Crippen LogP contribution in [0.15, 0.2) is 47.4 Å². The molecule has 1 N–H and O–H groups in total. The molecule has 2 aromatic rings. The van der Waals surface area contributed by atoms with Gasteiger partial charge in [0.15, 0.2) is 0 Å². The highest BCUT2D eigenvalue weighted by atomic mass is 32.1. The fourth-order valence-corrected chi connectivity index (χ4v) is 4.65. The molecule has 28 heavy (non-hydrogen) atoms. The smallest absolute Gasteiger partial charge is 0.295 e. The van der Waals surface area contributed by atoms with Gasteiger partial charge in [0.25, 0.3) is 11.7 Å². The third kappa shape index (κ3) is 3.21. The highest BCUT2D eigenvalue weighted by Crippen LogP contribution is 2.42. The Morgan fingerprint density at radius 2 is 2.11 bits per heavy atom. The highest BCUT2D eigenvalue weighted by Gasteiger charge is 2.47. The normalized spacial score (nSPS) is 24.1. The second kappa shape index (κ2) is 7.77. The van der Waals surface area contributed by atoms with Crippen LogP contribution in [0.5, 0.6) is 5.75 Å². The van der Waals surface area contributed by atoms with E-state index >= 15 is 0 Å². The van der Waals surface area contributed by atoms with Crippen LogP contribution in [-0.4, -0.2) is 48.1 Å². The van der Waals surface area contributed by atoms with E-state index in [2.05, 4.69) is 0 Å². The van der Waals surface area contributed by atoms with E-state index in [1.807, 2.05) is 17.5 Å². The number of likely N-dealkylation sites (tertiary alicyclic amines) is 1. The molecule has 0 aliphatic carbocycles. The quantitative estimate of drug-likeness (QED) is 0.474. The summed E-state index contributed by atoms with van der Waals surface area (Å²) in [6.45, 7) is 0.995. The predicted molar refractivity (Wildman–Crippen MR) is 105 cm³/mol. The van der Waals surface area contributed by atoms with Crippen LogP contribution in [0.4, 0.5) is 0 Å². The van der Waals surface area contributed by atoms with E-state index in [9.17, 15) is 14.7 Å². The van der Waals surface area contributed by atoms with Crippen molar-refractivity contribution in [2.45, 2.75) is 25.0 Å². The summed E-state index contributed by atoms with van der Waals surface area (Å²) in [5.41, 5.74) is 0.483. The minimum absolute atomic E-state index is 0.0908. The standard InChI is InChI=1S/C21H21NO5S/c1-26-15-8-3-2-7-14(15)19(23)17-18(16-9-5-11-28-16)22(21(25)20(17)24)12-13-6-4-10-27-13/h2-3,5,7-9,11,13,18,23H,4,6,10,12H2,1H3/b19-17-. The molecule has 0 radical (unpaired) electrons. The van der Waals surface area contributed by atoms with Gasteiger partial charge in [-0.25, -0.2) is 0 Å². The van der Waals surface area contributed by atoms with Crippen molar-refractivity contribution in [2.75, 3.05) is 20.3 Å². The minimum Gasteiger partial charge on any atom is -0.507 e. The molecule has 2 fully saturated rings. The number of benzene rings is 1. The zero-order valence-corrected chi connectivity index (χ0v) is 16.3. The van der Waals surface area contributed by atoms with Crippen LogP contribution in [0.25, 0.3) is 5.76 Å². The molecule has 1 amide bonds. The Bertz CT molecular complexity index is 915. The zero-order valence-electron chi connectivity index (χ0n) is 15.5. The molecule has 7 heteroatoms. The van der Waals surface area contributed by atoms with Crippen molar-refractivity contribution in [3.8, 4) is 5.75 Å². The second-order valence-corrected chi connectivity index (χ2v) is 7.78. The summed E-state index contributed by atoms with van der Waals surface area (Å²) in [6, 6.07) is 10.0. The summed E-state index contributed by atoms with van der Waals surface area (Å²) < 4.78 is 11.0. The van der Waals surface area contributed by atoms with Crippen molar-refractivity contribution in [2.24, 2.45) is 0 Å². The fraction of sp³-hybridized carbons (Fsp3) is 0.333. The molecule has 2 unspecified atom stereocenters. The summed E-state index contributed by atoms with van der Waals surface area (Å²) in [6.07, 6.45) is 1.71. The van der Waals surface area contributed by atoms with Crippen LogP contribution in [0.3, 0.4) is 0 Å². The van der Waals surface area contributed by atoms with Crippen LogP contribution in [-0.2, 0) is 14.3 Å². The van der Waals surface area contributed by atoms with E-state index < -0.39 is 17.7 Å². The van der Waals surface area contributed by atoms with Gasteiger partial charge in [-0.3, -0.25) is 9.59 Å². The molecule has 2 aliphatic heterocycles. The summed E-state index contributed by atoms with van der Waals surface area (Å²) >= 11 is 1.45. The molecule has 0 spiro atoms. The maximum absolute atomic E-state index is 12.9. The summed E-state index contributed by atoms with van der Waals surface area (Å²) in [4.78, 5) is 28.1. The van der Waals surface area contributed by atoms with Gasteiger partial charge in [-0.1, -0.05) is 18.2 Å². The van der Waals surface area contributed by atoms with Gasteiger partial charge in [-0.2, -0.15) is 0 Å². The van der Waals surface area contributed by atoms with Crippen molar-refractivity contribution in [1.29, 1.82) is 0 Å². The molecule has 146 valence electrons. The van der Waals surface area contributed by atoms with Gasteiger partial charge >= 0.3 is 0 Å². The first-order chi connectivity index (χ1) is 13.6. The molecular weight excluding hydrogens is 378 g/mol. The van der Waals surface area contributed by atoms with Crippen LogP contribution < -0.4 is 4.74 Å². The number of aliphatic hydroxyl groups is 1. The molecule has 0 saturated carbocycles. The lowest BCUT2D eigenvalue weighted by Crippen LogP contribution is -2.36. The molecular formula is C21H21NO5S. The van der Waals surface area contributed by atoms with Crippen LogP contribution in [0.1, 0.15) is 29.3 Å². The van der Waals surface area contributed by atoms with Gasteiger partial charge in [0.2, 0.25) is 0 Å². The highest BCUT2D eigenvalue weighted by molar-refractivity contribution is 7.10. The molecule has 1 aromatic heterocycles. The van der Waals surface area contributed by atoms with Gasteiger partial charge in [0.05, 0.1) is 30.4 Å². The average Bonchev–Trinajstić information content (AvgIpc) is 3.46. The topological polar surface area (TPSA) is 76.1 Å². The number of carbonyl (C=O) groups is 2. The summed E-state index contributed by atoms with van der Waals surface area (Å²) in [7, 11) is 1.50. The van der Waals surface area contributed by atoms with E-state index in [0.29, 0.717) is 24.5 Å². The number of carbonyl (C=O) groups excluding carboxylic acids is 2. The number of methoxy groups -OCH3 is 1. The van der Waals surface area contributed by atoms with Crippen LogP contribution in [0.2, 0.25) is 0 Å². The van der Waals surface area contributed by atoms with E-state index in [-0.39, 0.29) is 17.4 Å². The first-order valence-corrected chi connectivity index (χ1v) is 10.1. The monoisotopic (exact) mass is 399 g/mol. The number of ketones is 1. The number of hydrogen-bond donors (Lipinski definition) is 1. The Labute approximate surface area is 167 Å². The van der Waals surface area contributed by atoms with E-state index in [1.165, 1.54) is 23.3 Å². The molecule has 1 aromatic carbocycles. The molecule has 2 saturated heterocycles. The number of para-hydroxylation sites is 1. The Hall–Kier alpha value is -2.64. The third-order valence-electron chi connectivity index (χ3n) is 5.14. The van der Waals surface area contributed by atoms with Gasteiger partial charge in [-0.05, 0) is 36.4 Å². The van der Waals surface area contributed by atoms with Gasteiger partial charge in [0.1, 0.15) is 11.5 Å². The lowest BCUT2D eigenvalue weighted by molar-refractivity contribution is -0.140. The zero-order chi connectivity index (χ0) is 19.7. The number of nitrogens with zero attached hydrogens (tertiary/aromatic N) is 1. The molecule has 2 aliphatic rings. The van der Waals surface area contributed by atoms with Crippen molar-refractivity contribution in [3.05, 3.63) is 57.8 Å². The number of thiophene rings is 1. The Morgan fingerprint density at radius 1 is 1.29 bits per heavy atom. The Balaban J connectivity index is 1.82. The van der Waals surface area contributed by atoms with E-state index in [4.69, 9.17) is 9.47 Å². The van der Waals surface area contributed by atoms with E-state index in [1.54, 1.807) is 24.3 Å². The SMILES string of the molecule is COc1ccccc1/C(O)=C1/C(=O)C(=O)N(CC2CCCO2)C1c1cccs1. The number of rotatable bonds is 5. The third-order valence-corrected chi connectivity index (χ3v) is 6.06. The lowest BCUT2D eigenvalue weighted by Gasteiger charge is -2.26. The number of ether oxygens (including phenoxy) is 2. The molecule has 2 atom stereocenters. The lowest BCUT2D eigenvalue weighted by atomic mass is 9.99. The second-order valence-electron chi connectivity index (χ2n) is 6.80. The van der Waals surface area contributed by atoms with Gasteiger partial charge in [0, 0.05) is 18.0 Å². The molecule has 4 rings (SSSR count). The van der Waals surface area contributed by atoms with E-state index in [0.717, 1.165) is 17.7 Å². The largest absolute Gasteiger partial charge is 0.507 e. The summed E-state index contributed by atoms with van der Waals surface area (Å²) in [5.74, 6) is -1.07. The van der Waals surface area contributed by atoms with Crippen molar-refractivity contribution < 1.29 is 24.2 Å². The molecule has 3 heterocycles. The van der Waals surface area contributed by atoms with Crippen LogP contribution in [0, 0.1) is 0 Å². The fourth-order valence-electron chi connectivity index (χ4n) is 3.80.